The highest BCUT2D eigenvalue weighted by Crippen LogP contribution is 2.25. The standard InChI is InChI=1S/C19H28FN5/c1-13(16-12-25(19(3,4)5)23-14(16)2)22-15-8-10-24(11-15)18-17(20)7-6-9-21-18/h6-7,9,12-13,15,22H,8,10-11H2,1-5H3/t13-,15-/m0/s1. The topological polar surface area (TPSA) is 46.0 Å². The second kappa shape index (κ2) is 6.75. The molecule has 0 aromatic carbocycles. The number of nitrogens with one attached hydrogen (secondary N) is 1. The molecule has 2 atom stereocenters. The normalized spacial score (nSPS) is 19.4. The third-order valence-electron chi connectivity index (χ3n) is 4.80. The van der Waals surface area contributed by atoms with Gasteiger partial charge in [0.25, 0.3) is 0 Å². The molecule has 0 aliphatic carbocycles. The van der Waals surface area contributed by atoms with Gasteiger partial charge in [0.05, 0.1) is 11.2 Å². The van der Waals surface area contributed by atoms with E-state index in [1.807, 2.05) is 9.58 Å². The Morgan fingerprint density at radius 1 is 1.36 bits per heavy atom. The zero-order valence-corrected chi connectivity index (χ0v) is 15.8. The third-order valence-corrected chi connectivity index (χ3v) is 4.80. The van der Waals surface area contributed by atoms with Crippen molar-refractivity contribution < 1.29 is 4.39 Å². The Kier molecular flexibility index (Phi) is 4.82. The van der Waals surface area contributed by atoms with Gasteiger partial charge in [0, 0.05) is 43.1 Å². The van der Waals surface area contributed by atoms with Crippen molar-refractivity contribution in [3.8, 4) is 0 Å². The van der Waals surface area contributed by atoms with Gasteiger partial charge < -0.3 is 10.2 Å². The van der Waals surface area contributed by atoms with Crippen LogP contribution in [0, 0.1) is 12.7 Å². The molecule has 5 nitrogen and oxygen atoms in total. The van der Waals surface area contributed by atoms with Crippen LogP contribution in [0.5, 0.6) is 0 Å². The van der Waals surface area contributed by atoms with Crippen LogP contribution in [0.4, 0.5) is 10.2 Å². The summed E-state index contributed by atoms with van der Waals surface area (Å²) in [5.74, 6) is 0.203. The van der Waals surface area contributed by atoms with E-state index in [0.717, 1.165) is 25.2 Å². The second-order valence-electron chi connectivity index (χ2n) is 7.91. The van der Waals surface area contributed by atoms with E-state index >= 15 is 0 Å². The Morgan fingerprint density at radius 2 is 2.12 bits per heavy atom. The van der Waals surface area contributed by atoms with Crippen LogP contribution < -0.4 is 10.2 Å². The van der Waals surface area contributed by atoms with Crippen LogP contribution in [0.3, 0.4) is 0 Å². The Labute approximate surface area is 149 Å². The van der Waals surface area contributed by atoms with Crippen molar-refractivity contribution in [2.45, 2.75) is 58.7 Å². The average molecular weight is 345 g/mol. The molecule has 2 aromatic heterocycles. The van der Waals surface area contributed by atoms with Crippen molar-refractivity contribution in [3.05, 3.63) is 41.6 Å². The number of nitrogens with zero attached hydrogens (tertiary/aromatic N) is 4. The van der Waals surface area contributed by atoms with E-state index in [2.05, 4.69) is 56.2 Å². The largest absolute Gasteiger partial charge is 0.353 e. The fourth-order valence-electron chi connectivity index (χ4n) is 3.38. The molecular weight excluding hydrogens is 317 g/mol. The first-order valence-corrected chi connectivity index (χ1v) is 8.94. The summed E-state index contributed by atoms with van der Waals surface area (Å²) in [6.45, 7) is 12.3. The molecule has 1 aliphatic rings. The lowest BCUT2D eigenvalue weighted by atomic mass is 10.1. The number of pyridine rings is 1. The zero-order chi connectivity index (χ0) is 18.2. The fraction of sp³-hybridized carbons (Fsp3) is 0.579. The van der Waals surface area contributed by atoms with Crippen LogP contribution in [0.25, 0.3) is 0 Å². The van der Waals surface area contributed by atoms with Gasteiger partial charge in [0.15, 0.2) is 11.6 Å². The highest BCUT2D eigenvalue weighted by atomic mass is 19.1. The number of rotatable bonds is 4. The van der Waals surface area contributed by atoms with Crippen molar-refractivity contribution in [2.75, 3.05) is 18.0 Å². The maximum atomic E-state index is 13.9. The van der Waals surface area contributed by atoms with Crippen LogP contribution in [-0.4, -0.2) is 33.9 Å². The molecule has 3 heterocycles. The van der Waals surface area contributed by atoms with Gasteiger partial charge in [-0.2, -0.15) is 5.10 Å². The van der Waals surface area contributed by atoms with Gasteiger partial charge in [-0.25, -0.2) is 9.37 Å². The van der Waals surface area contributed by atoms with Gasteiger partial charge in [-0.05, 0) is 53.2 Å². The molecule has 0 saturated carbocycles. The molecule has 1 aliphatic heterocycles. The second-order valence-corrected chi connectivity index (χ2v) is 7.91. The lowest BCUT2D eigenvalue weighted by molar-refractivity contribution is 0.353. The summed E-state index contributed by atoms with van der Waals surface area (Å²) in [6.07, 6.45) is 4.76. The molecule has 2 aromatic rings. The molecule has 3 rings (SSSR count). The lowest BCUT2D eigenvalue weighted by Crippen LogP contribution is -2.35. The monoisotopic (exact) mass is 345 g/mol. The predicted molar refractivity (Wildman–Crippen MR) is 98.3 cm³/mol. The minimum atomic E-state index is -0.251. The van der Waals surface area contributed by atoms with Crippen LogP contribution in [-0.2, 0) is 5.54 Å². The third kappa shape index (κ3) is 3.84. The van der Waals surface area contributed by atoms with Crippen molar-refractivity contribution in [1.82, 2.24) is 20.1 Å². The van der Waals surface area contributed by atoms with Crippen LogP contribution >= 0.6 is 0 Å². The van der Waals surface area contributed by atoms with E-state index in [4.69, 9.17) is 0 Å². The van der Waals surface area contributed by atoms with Crippen LogP contribution in [0.1, 0.15) is 51.4 Å². The molecule has 1 N–H and O–H groups in total. The number of aromatic nitrogens is 3. The highest BCUT2D eigenvalue weighted by Gasteiger charge is 2.27. The smallest absolute Gasteiger partial charge is 0.165 e. The molecule has 136 valence electrons. The van der Waals surface area contributed by atoms with E-state index in [9.17, 15) is 4.39 Å². The van der Waals surface area contributed by atoms with Crippen LogP contribution in [0.2, 0.25) is 0 Å². The number of hydrogen-bond acceptors (Lipinski definition) is 4. The fourth-order valence-corrected chi connectivity index (χ4v) is 3.38. The first-order chi connectivity index (χ1) is 11.8. The van der Waals surface area contributed by atoms with E-state index < -0.39 is 0 Å². The van der Waals surface area contributed by atoms with E-state index in [0.29, 0.717) is 11.9 Å². The van der Waals surface area contributed by atoms with Crippen molar-refractivity contribution in [2.24, 2.45) is 0 Å². The molecule has 1 fully saturated rings. The van der Waals surface area contributed by atoms with Crippen molar-refractivity contribution >= 4 is 5.82 Å². The first-order valence-electron chi connectivity index (χ1n) is 8.94. The average Bonchev–Trinajstić information content (AvgIpc) is 3.14. The van der Waals surface area contributed by atoms with Gasteiger partial charge in [-0.3, -0.25) is 4.68 Å². The van der Waals surface area contributed by atoms with E-state index in [-0.39, 0.29) is 17.4 Å². The Hall–Kier alpha value is -1.95. The van der Waals surface area contributed by atoms with Crippen LogP contribution in [0.15, 0.2) is 24.5 Å². The Bertz CT molecular complexity index is 734. The maximum absolute atomic E-state index is 13.9. The quantitative estimate of drug-likeness (QED) is 0.922. The zero-order valence-electron chi connectivity index (χ0n) is 15.8. The summed E-state index contributed by atoms with van der Waals surface area (Å²) >= 11 is 0. The number of halogens is 1. The van der Waals surface area contributed by atoms with E-state index in [1.165, 1.54) is 11.6 Å². The first kappa shape index (κ1) is 17.9. The van der Waals surface area contributed by atoms with E-state index in [1.54, 1.807) is 12.3 Å². The minimum Gasteiger partial charge on any atom is -0.353 e. The maximum Gasteiger partial charge on any atom is 0.165 e. The molecule has 0 bridgehead atoms. The molecule has 0 radical (unpaired) electrons. The summed E-state index contributed by atoms with van der Waals surface area (Å²) in [7, 11) is 0. The molecule has 0 unspecified atom stereocenters. The van der Waals surface area contributed by atoms with Gasteiger partial charge in [0.1, 0.15) is 0 Å². The molecule has 1 saturated heterocycles. The minimum absolute atomic E-state index is 0.0244. The van der Waals surface area contributed by atoms with Gasteiger partial charge in [-0.1, -0.05) is 0 Å². The van der Waals surface area contributed by atoms with Crippen molar-refractivity contribution in [3.63, 3.8) is 0 Å². The molecular formula is C19H28FN5. The summed E-state index contributed by atoms with van der Waals surface area (Å²) in [6, 6.07) is 3.61. The molecule has 0 amide bonds. The van der Waals surface area contributed by atoms with Gasteiger partial charge in [-0.15, -0.1) is 0 Å². The number of hydrogen-bond donors (Lipinski definition) is 1. The number of anilines is 1. The highest BCUT2D eigenvalue weighted by molar-refractivity contribution is 5.41. The summed E-state index contributed by atoms with van der Waals surface area (Å²) in [4.78, 5) is 6.21. The predicted octanol–water partition coefficient (Wildman–Crippen LogP) is 3.41. The molecule has 6 heteroatoms. The molecule has 25 heavy (non-hydrogen) atoms. The Balaban J connectivity index is 1.66. The summed E-state index contributed by atoms with van der Waals surface area (Å²) in [5.41, 5.74) is 2.25. The summed E-state index contributed by atoms with van der Waals surface area (Å²) < 4.78 is 16.0. The SMILES string of the molecule is Cc1nn(C(C)(C)C)cc1[C@H](C)N[C@H]1CCN(c2ncccc2F)C1. The number of aryl methyl sites for hydroxylation is 1. The summed E-state index contributed by atoms with van der Waals surface area (Å²) in [5, 5.41) is 8.33. The van der Waals surface area contributed by atoms with Gasteiger partial charge in [0.2, 0.25) is 0 Å². The Morgan fingerprint density at radius 3 is 2.76 bits per heavy atom. The van der Waals surface area contributed by atoms with Gasteiger partial charge >= 0.3 is 0 Å². The molecule has 0 spiro atoms. The lowest BCUT2D eigenvalue weighted by Gasteiger charge is -2.21. The van der Waals surface area contributed by atoms with Crippen molar-refractivity contribution in [1.29, 1.82) is 0 Å².